The summed E-state index contributed by atoms with van der Waals surface area (Å²) < 4.78 is 30.3. The molecule has 0 aromatic heterocycles. The molecular formula is C20H24N2O5S. The van der Waals surface area contributed by atoms with Crippen molar-refractivity contribution >= 4 is 27.6 Å². The van der Waals surface area contributed by atoms with Gasteiger partial charge in [0, 0.05) is 11.3 Å². The van der Waals surface area contributed by atoms with E-state index in [0.29, 0.717) is 0 Å². The first-order valence-electron chi connectivity index (χ1n) is 8.77. The third kappa shape index (κ3) is 7.03. The minimum Gasteiger partial charge on any atom is -0.463 e. The standard InChI is InChI=1S/C20H24N2O5S/c1-14(2)27-19(23)13-18(15-8-5-4-6-9-15)21-20(24)16-10-7-11-17(12-16)22-28(3,25)26/h4-12,14,18,22H,13H2,1-3H3,(H,21,24). The fraction of sp³-hybridized carbons (Fsp3) is 0.300. The predicted molar refractivity (Wildman–Crippen MR) is 107 cm³/mol. The highest BCUT2D eigenvalue weighted by Gasteiger charge is 2.21. The van der Waals surface area contributed by atoms with Crippen molar-refractivity contribution in [3.63, 3.8) is 0 Å². The number of carbonyl (C=O) groups excluding carboxylic acids is 2. The van der Waals surface area contributed by atoms with Crippen LogP contribution in [0.1, 0.15) is 42.2 Å². The molecule has 0 saturated heterocycles. The molecule has 0 aliphatic heterocycles. The molecule has 2 aromatic carbocycles. The van der Waals surface area contributed by atoms with Crippen LogP contribution in [0.2, 0.25) is 0 Å². The number of anilines is 1. The van der Waals surface area contributed by atoms with E-state index in [0.717, 1.165) is 11.8 Å². The molecular weight excluding hydrogens is 380 g/mol. The fourth-order valence-corrected chi connectivity index (χ4v) is 3.15. The Kier molecular flexibility index (Phi) is 7.17. The molecule has 2 rings (SSSR count). The first-order valence-corrected chi connectivity index (χ1v) is 10.7. The van der Waals surface area contributed by atoms with Crippen molar-refractivity contribution in [3.05, 3.63) is 65.7 Å². The molecule has 2 N–H and O–H groups in total. The zero-order valence-electron chi connectivity index (χ0n) is 16.0. The number of carbonyl (C=O) groups is 2. The maximum atomic E-state index is 12.7. The summed E-state index contributed by atoms with van der Waals surface area (Å²) in [5, 5.41) is 2.83. The van der Waals surface area contributed by atoms with Crippen LogP contribution in [0.3, 0.4) is 0 Å². The molecule has 0 heterocycles. The number of sulfonamides is 1. The number of ether oxygens (including phenoxy) is 1. The van der Waals surface area contributed by atoms with Gasteiger partial charge in [-0.1, -0.05) is 36.4 Å². The summed E-state index contributed by atoms with van der Waals surface area (Å²) in [6.45, 7) is 3.52. The Morgan fingerprint density at radius 1 is 1.04 bits per heavy atom. The maximum absolute atomic E-state index is 12.7. The molecule has 2 aromatic rings. The van der Waals surface area contributed by atoms with Crippen molar-refractivity contribution in [2.75, 3.05) is 11.0 Å². The van der Waals surface area contributed by atoms with Crippen LogP contribution in [0, 0.1) is 0 Å². The molecule has 28 heavy (non-hydrogen) atoms. The SMILES string of the molecule is CC(C)OC(=O)CC(NC(=O)c1cccc(NS(C)(=O)=O)c1)c1ccccc1. The molecule has 7 nitrogen and oxygen atoms in total. The normalized spacial score (nSPS) is 12.3. The Hall–Kier alpha value is -2.87. The number of nitrogens with one attached hydrogen (secondary N) is 2. The van der Waals surface area contributed by atoms with E-state index < -0.39 is 27.9 Å². The summed E-state index contributed by atoms with van der Waals surface area (Å²) in [7, 11) is -3.46. The van der Waals surface area contributed by atoms with Crippen LogP contribution in [0.25, 0.3) is 0 Å². The molecule has 1 atom stereocenters. The average Bonchev–Trinajstić information content (AvgIpc) is 2.60. The summed E-state index contributed by atoms with van der Waals surface area (Å²) >= 11 is 0. The minimum atomic E-state index is -3.46. The van der Waals surface area contributed by atoms with Crippen LogP contribution < -0.4 is 10.0 Å². The van der Waals surface area contributed by atoms with Gasteiger partial charge in [0.25, 0.3) is 5.91 Å². The Balaban J connectivity index is 2.20. The molecule has 0 radical (unpaired) electrons. The maximum Gasteiger partial charge on any atom is 0.308 e. The van der Waals surface area contributed by atoms with Crippen LogP contribution >= 0.6 is 0 Å². The van der Waals surface area contributed by atoms with E-state index in [9.17, 15) is 18.0 Å². The third-order valence-electron chi connectivity index (χ3n) is 3.67. The van der Waals surface area contributed by atoms with E-state index in [1.807, 2.05) is 30.3 Å². The number of amides is 1. The molecule has 150 valence electrons. The van der Waals surface area contributed by atoms with Gasteiger partial charge in [0.15, 0.2) is 0 Å². The van der Waals surface area contributed by atoms with Crippen molar-refractivity contribution in [2.24, 2.45) is 0 Å². The molecule has 0 aliphatic carbocycles. The number of hydrogen-bond acceptors (Lipinski definition) is 5. The molecule has 0 spiro atoms. The highest BCUT2D eigenvalue weighted by molar-refractivity contribution is 7.92. The molecule has 1 amide bonds. The van der Waals surface area contributed by atoms with E-state index in [1.165, 1.54) is 6.07 Å². The monoisotopic (exact) mass is 404 g/mol. The zero-order valence-corrected chi connectivity index (χ0v) is 16.8. The largest absolute Gasteiger partial charge is 0.463 e. The molecule has 0 bridgehead atoms. The van der Waals surface area contributed by atoms with Gasteiger partial charge in [-0.25, -0.2) is 8.42 Å². The van der Waals surface area contributed by atoms with Gasteiger partial charge in [-0.15, -0.1) is 0 Å². The summed E-state index contributed by atoms with van der Waals surface area (Å²) in [6.07, 6.45) is 0.763. The van der Waals surface area contributed by atoms with Crippen molar-refractivity contribution < 1.29 is 22.7 Å². The summed E-state index contributed by atoms with van der Waals surface area (Å²) in [5.41, 5.74) is 1.32. The van der Waals surface area contributed by atoms with Gasteiger partial charge in [0.2, 0.25) is 10.0 Å². The van der Waals surface area contributed by atoms with Gasteiger partial charge in [-0.3, -0.25) is 14.3 Å². The average molecular weight is 404 g/mol. The van der Waals surface area contributed by atoms with E-state index in [-0.39, 0.29) is 23.8 Å². The minimum absolute atomic E-state index is 0.0186. The van der Waals surface area contributed by atoms with Gasteiger partial charge in [-0.2, -0.15) is 0 Å². The third-order valence-corrected chi connectivity index (χ3v) is 4.28. The topological polar surface area (TPSA) is 102 Å². The molecule has 1 unspecified atom stereocenters. The number of hydrogen-bond donors (Lipinski definition) is 2. The van der Waals surface area contributed by atoms with Crippen LogP contribution in [0.15, 0.2) is 54.6 Å². The Morgan fingerprint density at radius 3 is 2.32 bits per heavy atom. The Morgan fingerprint density at radius 2 is 1.71 bits per heavy atom. The van der Waals surface area contributed by atoms with Gasteiger partial charge >= 0.3 is 5.97 Å². The smallest absolute Gasteiger partial charge is 0.308 e. The van der Waals surface area contributed by atoms with Crippen molar-refractivity contribution in [2.45, 2.75) is 32.4 Å². The van der Waals surface area contributed by atoms with Crippen LogP contribution in [0.4, 0.5) is 5.69 Å². The van der Waals surface area contributed by atoms with Crippen molar-refractivity contribution in [1.29, 1.82) is 0 Å². The lowest BCUT2D eigenvalue weighted by Crippen LogP contribution is -2.31. The van der Waals surface area contributed by atoms with Crippen LogP contribution in [-0.2, 0) is 19.6 Å². The second kappa shape index (κ2) is 9.36. The summed E-state index contributed by atoms with van der Waals surface area (Å²) in [6, 6.07) is 14.7. The quantitative estimate of drug-likeness (QED) is 0.659. The predicted octanol–water partition coefficient (Wildman–Crippen LogP) is 2.87. The highest BCUT2D eigenvalue weighted by atomic mass is 32.2. The lowest BCUT2D eigenvalue weighted by Gasteiger charge is -2.19. The first-order chi connectivity index (χ1) is 13.1. The van der Waals surface area contributed by atoms with E-state index >= 15 is 0 Å². The lowest BCUT2D eigenvalue weighted by molar-refractivity contribution is -0.147. The number of rotatable bonds is 8. The lowest BCUT2D eigenvalue weighted by atomic mass is 10.0. The second-order valence-corrected chi connectivity index (χ2v) is 8.38. The van der Waals surface area contributed by atoms with Gasteiger partial charge in [-0.05, 0) is 37.6 Å². The molecule has 0 fully saturated rings. The number of benzene rings is 2. The fourth-order valence-electron chi connectivity index (χ4n) is 2.59. The Bertz CT molecular complexity index is 927. The van der Waals surface area contributed by atoms with E-state index in [1.54, 1.807) is 32.0 Å². The highest BCUT2D eigenvalue weighted by Crippen LogP contribution is 2.19. The van der Waals surface area contributed by atoms with Gasteiger partial charge in [0.05, 0.1) is 24.8 Å². The van der Waals surface area contributed by atoms with E-state index in [4.69, 9.17) is 4.74 Å². The van der Waals surface area contributed by atoms with E-state index in [2.05, 4.69) is 10.0 Å². The molecule has 0 aliphatic rings. The molecule has 8 heteroatoms. The van der Waals surface area contributed by atoms with Gasteiger partial charge < -0.3 is 10.1 Å². The van der Waals surface area contributed by atoms with Gasteiger partial charge in [0.1, 0.15) is 0 Å². The van der Waals surface area contributed by atoms with Crippen LogP contribution in [0.5, 0.6) is 0 Å². The summed E-state index contributed by atoms with van der Waals surface area (Å²) in [4.78, 5) is 24.8. The Labute approximate surface area is 165 Å². The first kappa shape index (κ1) is 21.4. The molecule has 0 saturated carbocycles. The van der Waals surface area contributed by atoms with Crippen molar-refractivity contribution in [3.8, 4) is 0 Å². The van der Waals surface area contributed by atoms with Crippen LogP contribution in [-0.4, -0.2) is 32.7 Å². The van der Waals surface area contributed by atoms with Crippen molar-refractivity contribution in [1.82, 2.24) is 5.32 Å². The zero-order chi connectivity index (χ0) is 20.7. The number of esters is 1. The second-order valence-electron chi connectivity index (χ2n) is 6.63. The summed E-state index contributed by atoms with van der Waals surface area (Å²) in [5.74, 6) is -0.847.